The summed E-state index contributed by atoms with van der Waals surface area (Å²) in [7, 11) is 0. The van der Waals surface area contributed by atoms with Gasteiger partial charge in [0.25, 0.3) is 5.91 Å². The molecule has 2 aliphatic rings. The molecule has 5 nitrogen and oxygen atoms in total. The molecule has 3 rings (SSSR count). The SMILES string of the molecule is Cc1ccncc1C(=O)N1CCC2(CCCNC2=O)CC1. The summed E-state index contributed by atoms with van der Waals surface area (Å²) < 4.78 is 0. The van der Waals surface area contributed by atoms with Gasteiger partial charge in [-0.3, -0.25) is 14.6 Å². The van der Waals surface area contributed by atoms with Crippen LogP contribution in [0.5, 0.6) is 0 Å². The van der Waals surface area contributed by atoms with E-state index in [-0.39, 0.29) is 17.2 Å². The zero-order valence-corrected chi connectivity index (χ0v) is 12.4. The van der Waals surface area contributed by atoms with E-state index >= 15 is 0 Å². The van der Waals surface area contributed by atoms with E-state index in [1.165, 1.54) is 0 Å². The van der Waals surface area contributed by atoms with E-state index in [2.05, 4.69) is 10.3 Å². The zero-order chi connectivity index (χ0) is 14.9. The first-order valence-electron chi connectivity index (χ1n) is 7.61. The molecule has 0 aromatic carbocycles. The molecular weight excluding hydrogens is 266 g/mol. The Hall–Kier alpha value is -1.91. The van der Waals surface area contributed by atoms with Crippen LogP contribution in [0, 0.1) is 12.3 Å². The van der Waals surface area contributed by atoms with E-state index in [1.807, 2.05) is 17.9 Å². The van der Waals surface area contributed by atoms with Gasteiger partial charge in [0.2, 0.25) is 5.91 Å². The molecule has 0 atom stereocenters. The fraction of sp³-hybridized carbons (Fsp3) is 0.562. The second-order valence-corrected chi connectivity index (χ2v) is 6.12. The number of carbonyl (C=O) groups excluding carboxylic acids is 2. The Kier molecular flexibility index (Phi) is 3.66. The lowest BCUT2D eigenvalue weighted by molar-refractivity contribution is -0.136. The van der Waals surface area contributed by atoms with E-state index in [1.54, 1.807) is 12.4 Å². The molecule has 3 heterocycles. The number of carbonyl (C=O) groups is 2. The van der Waals surface area contributed by atoms with Gasteiger partial charge in [-0.15, -0.1) is 0 Å². The average Bonchev–Trinajstić information content (AvgIpc) is 2.51. The average molecular weight is 287 g/mol. The minimum atomic E-state index is -0.237. The molecule has 21 heavy (non-hydrogen) atoms. The van der Waals surface area contributed by atoms with Gasteiger partial charge in [0.1, 0.15) is 0 Å². The van der Waals surface area contributed by atoms with Gasteiger partial charge in [-0.1, -0.05) is 0 Å². The van der Waals surface area contributed by atoms with E-state index in [9.17, 15) is 9.59 Å². The van der Waals surface area contributed by atoms with Gasteiger partial charge in [0, 0.05) is 32.0 Å². The summed E-state index contributed by atoms with van der Waals surface area (Å²) in [6.45, 7) is 4.02. The number of rotatable bonds is 1. The van der Waals surface area contributed by atoms with Crippen LogP contribution in [0.4, 0.5) is 0 Å². The summed E-state index contributed by atoms with van der Waals surface area (Å²) in [5, 5.41) is 2.98. The largest absolute Gasteiger partial charge is 0.356 e. The minimum Gasteiger partial charge on any atom is -0.356 e. The normalized spacial score (nSPS) is 21.2. The van der Waals surface area contributed by atoms with Crippen LogP contribution in [0.15, 0.2) is 18.5 Å². The number of aromatic nitrogens is 1. The van der Waals surface area contributed by atoms with E-state index in [0.29, 0.717) is 18.7 Å². The van der Waals surface area contributed by atoms with Crippen LogP contribution in [0.3, 0.4) is 0 Å². The maximum atomic E-state index is 12.6. The van der Waals surface area contributed by atoms with Crippen molar-refractivity contribution in [3.05, 3.63) is 29.6 Å². The Morgan fingerprint density at radius 2 is 2.10 bits per heavy atom. The van der Waals surface area contributed by atoms with Crippen molar-refractivity contribution < 1.29 is 9.59 Å². The van der Waals surface area contributed by atoms with Gasteiger partial charge in [-0.2, -0.15) is 0 Å². The lowest BCUT2D eigenvalue weighted by atomic mass is 9.72. The van der Waals surface area contributed by atoms with Crippen molar-refractivity contribution in [3.63, 3.8) is 0 Å². The first-order chi connectivity index (χ1) is 10.1. The van der Waals surface area contributed by atoms with Crippen molar-refractivity contribution in [1.29, 1.82) is 0 Å². The Morgan fingerprint density at radius 1 is 1.33 bits per heavy atom. The number of nitrogens with one attached hydrogen (secondary N) is 1. The summed E-state index contributed by atoms with van der Waals surface area (Å²) in [5.74, 6) is 0.213. The number of hydrogen-bond donors (Lipinski definition) is 1. The molecule has 2 saturated heterocycles. The first kappa shape index (κ1) is 14.0. The van der Waals surface area contributed by atoms with Crippen LogP contribution in [0.1, 0.15) is 41.6 Å². The van der Waals surface area contributed by atoms with Crippen molar-refractivity contribution in [1.82, 2.24) is 15.2 Å². The lowest BCUT2D eigenvalue weighted by Crippen LogP contribution is -2.52. The molecule has 0 saturated carbocycles. The van der Waals surface area contributed by atoms with Crippen molar-refractivity contribution >= 4 is 11.8 Å². The molecule has 1 aromatic rings. The third-order valence-electron chi connectivity index (χ3n) is 4.88. The van der Waals surface area contributed by atoms with Gasteiger partial charge in [0.05, 0.1) is 11.0 Å². The summed E-state index contributed by atoms with van der Waals surface area (Å²) in [6.07, 6.45) is 6.86. The fourth-order valence-electron chi connectivity index (χ4n) is 3.40. The molecule has 1 spiro atoms. The fourth-order valence-corrected chi connectivity index (χ4v) is 3.40. The number of nitrogens with zero attached hydrogens (tertiary/aromatic N) is 2. The highest BCUT2D eigenvalue weighted by atomic mass is 16.2. The second-order valence-electron chi connectivity index (χ2n) is 6.12. The van der Waals surface area contributed by atoms with Crippen LogP contribution in [-0.2, 0) is 4.79 Å². The number of likely N-dealkylation sites (tertiary alicyclic amines) is 1. The van der Waals surface area contributed by atoms with Crippen molar-refractivity contribution in [2.75, 3.05) is 19.6 Å². The number of aryl methyl sites for hydroxylation is 1. The molecule has 1 aromatic heterocycles. The second kappa shape index (κ2) is 5.47. The van der Waals surface area contributed by atoms with Gasteiger partial charge in [-0.25, -0.2) is 0 Å². The topological polar surface area (TPSA) is 62.3 Å². The maximum Gasteiger partial charge on any atom is 0.255 e. The molecule has 0 aliphatic carbocycles. The molecule has 0 unspecified atom stereocenters. The van der Waals surface area contributed by atoms with Gasteiger partial charge < -0.3 is 10.2 Å². The van der Waals surface area contributed by atoms with Gasteiger partial charge in [-0.05, 0) is 44.2 Å². The quantitative estimate of drug-likeness (QED) is 0.852. The van der Waals surface area contributed by atoms with Crippen LogP contribution in [0.2, 0.25) is 0 Å². The maximum absolute atomic E-state index is 12.6. The van der Waals surface area contributed by atoms with Crippen molar-refractivity contribution in [2.45, 2.75) is 32.6 Å². The minimum absolute atomic E-state index is 0.0340. The molecular formula is C16H21N3O2. The lowest BCUT2D eigenvalue weighted by Gasteiger charge is -2.42. The molecule has 2 fully saturated rings. The highest BCUT2D eigenvalue weighted by molar-refractivity contribution is 5.95. The van der Waals surface area contributed by atoms with Gasteiger partial charge in [0.15, 0.2) is 0 Å². The molecule has 2 amide bonds. The number of piperidine rings is 2. The Labute approximate surface area is 124 Å². The van der Waals surface area contributed by atoms with Crippen LogP contribution < -0.4 is 5.32 Å². The molecule has 0 radical (unpaired) electrons. The number of amides is 2. The Balaban J connectivity index is 1.70. The van der Waals surface area contributed by atoms with Crippen LogP contribution >= 0.6 is 0 Å². The van der Waals surface area contributed by atoms with Gasteiger partial charge >= 0.3 is 0 Å². The standard InChI is InChI=1S/C16H21N3O2/c1-12-3-8-17-11-13(12)14(20)19-9-5-16(6-10-19)4-2-7-18-15(16)21/h3,8,11H,2,4-7,9-10H2,1H3,(H,18,21). The first-order valence-corrected chi connectivity index (χ1v) is 7.61. The molecule has 112 valence electrons. The number of hydrogen-bond acceptors (Lipinski definition) is 3. The summed E-state index contributed by atoms with van der Waals surface area (Å²) in [5.41, 5.74) is 1.38. The summed E-state index contributed by atoms with van der Waals surface area (Å²) in [6, 6.07) is 1.85. The monoisotopic (exact) mass is 287 g/mol. The van der Waals surface area contributed by atoms with Crippen molar-refractivity contribution in [2.24, 2.45) is 5.41 Å². The smallest absolute Gasteiger partial charge is 0.255 e. The predicted molar refractivity (Wildman–Crippen MR) is 78.8 cm³/mol. The Morgan fingerprint density at radius 3 is 2.76 bits per heavy atom. The van der Waals surface area contributed by atoms with E-state index in [4.69, 9.17) is 0 Å². The molecule has 0 bridgehead atoms. The highest BCUT2D eigenvalue weighted by Gasteiger charge is 2.43. The third kappa shape index (κ3) is 2.52. The van der Waals surface area contributed by atoms with E-state index < -0.39 is 0 Å². The predicted octanol–water partition coefficient (Wildman–Crippen LogP) is 1.52. The molecule has 2 aliphatic heterocycles. The summed E-state index contributed by atoms with van der Waals surface area (Å²) in [4.78, 5) is 30.6. The van der Waals surface area contributed by atoms with Crippen molar-refractivity contribution in [3.8, 4) is 0 Å². The highest BCUT2D eigenvalue weighted by Crippen LogP contribution is 2.38. The Bertz CT molecular complexity index is 562. The zero-order valence-electron chi connectivity index (χ0n) is 12.4. The summed E-state index contributed by atoms with van der Waals surface area (Å²) >= 11 is 0. The van der Waals surface area contributed by atoms with Crippen LogP contribution in [0.25, 0.3) is 0 Å². The van der Waals surface area contributed by atoms with Crippen LogP contribution in [-0.4, -0.2) is 41.3 Å². The molecule has 5 heteroatoms. The molecule has 1 N–H and O–H groups in total. The number of pyridine rings is 1. The van der Waals surface area contributed by atoms with E-state index in [0.717, 1.165) is 37.8 Å². The third-order valence-corrected chi connectivity index (χ3v) is 4.88.